The third-order valence-electron chi connectivity index (χ3n) is 3.33. The summed E-state index contributed by atoms with van der Waals surface area (Å²) >= 11 is 11.6. The molecular weight excluding hydrogens is 304 g/mol. The third kappa shape index (κ3) is 2.19. The average Bonchev–Trinajstić information content (AvgIpc) is 3.13. The molecule has 3 rings (SSSR count). The van der Waals surface area contributed by atoms with E-state index in [2.05, 4.69) is 0 Å². The number of nitrogens with zero attached hydrogens (tertiary/aromatic N) is 1. The minimum Gasteiger partial charge on any atom is -0.477 e. The summed E-state index contributed by atoms with van der Waals surface area (Å²) in [5, 5.41) is 9.07. The second-order valence-corrected chi connectivity index (χ2v) is 5.58. The predicted octanol–water partition coefficient (Wildman–Crippen LogP) is 4.63. The lowest BCUT2D eigenvalue weighted by Crippen LogP contribution is -2.08. The fourth-order valence-corrected chi connectivity index (χ4v) is 2.77. The quantitative estimate of drug-likeness (QED) is 0.839. The first-order valence-corrected chi connectivity index (χ1v) is 6.84. The Morgan fingerprint density at radius 2 is 1.85 bits per heavy atom. The Morgan fingerprint density at radius 1 is 1.25 bits per heavy atom. The van der Waals surface area contributed by atoms with Gasteiger partial charge in [-0.2, -0.15) is 0 Å². The Balaban J connectivity index is 2.17. The Kier molecular flexibility index (Phi) is 3.22. The lowest BCUT2D eigenvalue weighted by Gasteiger charge is -2.11. The molecule has 2 aromatic rings. The highest BCUT2D eigenvalue weighted by molar-refractivity contribution is 6.35. The molecule has 0 unspecified atom stereocenters. The molecule has 6 heteroatoms. The number of rotatable bonds is 3. The highest BCUT2D eigenvalue weighted by Crippen LogP contribution is 2.41. The van der Waals surface area contributed by atoms with E-state index in [1.54, 1.807) is 16.7 Å². The smallest absolute Gasteiger partial charge is 0.352 e. The summed E-state index contributed by atoms with van der Waals surface area (Å²) in [6, 6.07) is 6.34. The van der Waals surface area contributed by atoms with Gasteiger partial charge in [-0.25, -0.2) is 9.18 Å². The monoisotopic (exact) mass is 313 g/mol. The first-order valence-electron chi connectivity index (χ1n) is 6.08. The van der Waals surface area contributed by atoms with Crippen LogP contribution in [0.5, 0.6) is 0 Å². The van der Waals surface area contributed by atoms with Gasteiger partial charge in [0.05, 0.1) is 10.0 Å². The van der Waals surface area contributed by atoms with Gasteiger partial charge in [0.25, 0.3) is 0 Å². The summed E-state index contributed by atoms with van der Waals surface area (Å²) in [5.41, 5.74) is 1.52. The van der Waals surface area contributed by atoms with E-state index in [-0.39, 0.29) is 21.8 Å². The van der Waals surface area contributed by atoms with Gasteiger partial charge in [-0.15, -0.1) is 0 Å². The molecule has 1 saturated carbocycles. The molecule has 1 aromatic heterocycles. The van der Waals surface area contributed by atoms with Crippen LogP contribution < -0.4 is 0 Å². The van der Waals surface area contributed by atoms with Gasteiger partial charge in [0, 0.05) is 17.3 Å². The molecule has 104 valence electrons. The molecule has 1 aliphatic carbocycles. The van der Waals surface area contributed by atoms with Gasteiger partial charge < -0.3 is 9.67 Å². The zero-order valence-corrected chi connectivity index (χ0v) is 11.7. The van der Waals surface area contributed by atoms with Crippen molar-refractivity contribution >= 4 is 29.2 Å². The van der Waals surface area contributed by atoms with E-state index in [0.29, 0.717) is 11.3 Å². The number of carboxylic acids is 1. The van der Waals surface area contributed by atoms with E-state index in [0.717, 1.165) is 12.8 Å². The molecule has 0 bridgehead atoms. The van der Waals surface area contributed by atoms with E-state index >= 15 is 0 Å². The van der Waals surface area contributed by atoms with Gasteiger partial charge in [0.1, 0.15) is 5.69 Å². The molecule has 0 spiro atoms. The van der Waals surface area contributed by atoms with Crippen molar-refractivity contribution in [1.29, 1.82) is 0 Å². The second kappa shape index (κ2) is 4.79. The number of aromatic carboxylic acids is 1. The van der Waals surface area contributed by atoms with Crippen molar-refractivity contribution in [3.8, 4) is 11.3 Å². The molecular formula is C14H10Cl2FNO2. The molecule has 0 atom stereocenters. The Morgan fingerprint density at radius 3 is 2.35 bits per heavy atom. The first-order chi connectivity index (χ1) is 9.49. The molecule has 1 aliphatic rings. The molecule has 1 heterocycles. The molecule has 0 saturated heterocycles. The van der Waals surface area contributed by atoms with Crippen LogP contribution >= 0.6 is 23.2 Å². The number of carboxylic acid groups (broad SMARTS) is 1. The summed E-state index contributed by atoms with van der Waals surface area (Å²) in [6.07, 6.45) is 1.87. The maximum absolute atomic E-state index is 13.5. The van der Waals surface area contributed by atoms with Crippen LogP contribution in [-0.2, 0) is 0 Å². The average molecular weight is 314 g/mol. The molecule has 1 aromatic carbocycles. The largest absolute Gasteiger partial charge is 0.477 e. The highest BCUT2D eigenvalue weighted by Gasteiger charge is 2.30. The molecule has 3 nitrogen and oxygen atoms in total. The van der Waals surface area contributed by atoms with Gasteiger partial charge in [0.15, 0.2) is 5.82 Å². The van der Waals surface area contributed by atoms with Crippen LogP contribution in [0.3, 0.4) is 0 Å². The van der Waals surface area contributed by atoms with Crippen molar-refractivity contribution in [3.63, 3.8) is 0 Å². The summed E-state index contributed by atoms with van der Waals surface area (Å²) in [5.74, 6) is -1.65. The van der Waals surface area contributed by atoms with Crippen LogP contribution in [0.25, 0.3) is 11.3 Å². The number of benzene rings is 1. The molecule has 0 radical (unpaired) electrons. The highest BCUT2D eigenvalue weighted by atomic mass is 35.5. The topological polar surface area (TPSA) is 42.2 Å². The van der Waals surface area contributed by atoms with E-state index < -0.39 is 11.8 Å². The minimum atomic E-state index is -0.984. The van der Waals surface area contributed by atoms with Crippen molar-refractivity contribution in [2.24, 2.45) is 0 Å². The van der Waals surface area contributed by atoms with Gasteiger partial charge in [-0.05, 0) is 37.1 Å². The number of carbonyl (C=O) groups is 1. The lowest BCUT2D eigenvalue weighted by molar-refractivity contribution is 0.0685. The predicted molar refractivity (Wildman–Crippen MR) is 75.1 cm³/mol. The maximum Gasteiger partial charge on any atom is 0.352 e. The van der Waals surface area contributed by atoms with Crippen molar-refractivity contribution in [1.82, 2.24) is 4.57 Å². The normalized spacial score (nSPS) is 14.6. The second-order valence-electron chi connectivity index (χ2n) is 4.76. The molecule has 20 heavy (non-hydrogen) atoms. The third-order valence-corrected chi connectivity index (χ3v) is 3.88. The van der Waals surface area contributed by atoms with Gasteiger partial charge in [0.2, 0.25) is 0 Å². The summed E-state index contributed by atoms with van der Waals surface area (Å²) in [7, 11) is 0. The van der Waals surface area contributed by atoms with E-state index in [1.165, 1.54) is 12.1 Å². The molecule has 0 amide bonds. The first kappa shape index (κ1) is 13.5. The fraction of sp³-hybridized carbons (Fsp3) is 0.214. The van der Waals surface area contributed by atoms with Gasteiger partial charge in [-0.1, -0.05) is 23.2 Å². The zero-order chi connectivity index (χ0) is 14.4. The Bertz CT molecular complexity index is 684. The van der Waals surface area contributed by atoms with Crippen molar-refractivity contribution in [2.45, 2.75) is 18.9 Å². The van der Waals surface area contributed by atoms with Crippen LogP contribution in [0.4, 0.5) is 4.39 Å². The fourth-order valence-electron chi connectivity index (χ4n) is 2.29. The van der Waals surface area contributed by atoms with Gasteiger partial charge >= 0.3 is 5.97 Å². The molecule has 1 N–H and O–H groups in total. The Hall–Kier alpha value is -1.52. The summed E-state index contributed by atoms with van der Waals surface area (Å²) < 4.78 is 15.2. The molecule has 0 aliphatic heterocycles. The van der Waals surface area contributed by atoms with Crippen molar-refractivity contribution in [3.05, 3.63) is 45.8 Å². The van der Waals surface area contributed by atoms with Crippen molar-refractivity contribution < 1.29 is 14.3 Å². The van der Waals surface area contributed by atoms with E-state index in [4.69, 9.17) is 23.2 Å². The minimum absolute atomic E-state index is 0.0760. The zero-order valence-electron chi connectivity index (χ0n) is 10.2. The maximum atomic E-state index is 13.5. The number of halogens is 3. The SMILES string of the molecule is O=C(O)c1ccc(-c2cc(Cl)c(F)c(Cl)c2)n1C1CC1. The Labute approximate surface area is 124 Å². The van der Waals surface area contributed by atoms with Crippen LogP contribution in [0.15, 0.2) is 24.3 Å². The van der Waals surface area contributed by atoms with Crippen LogP contribution in [-0.4, -0.2) is 15.6 Å². The van der Waals surface area contributed by atoms with E-state index in [9.17, 15) is 14.3 Å². The molecule has 1 fully saturated rings. The van der Waals surface area contributed by atoms with Gasteiger partial charge in [-0.3, -0.25) is 0 Å². The standard InChI is InChI=1S/C14H10Cl2FNO2/c15-9-5-7(6-10(16)13(9)17)11-3-4-12(14(19)20)18(11)8-1-2-8/h3-6,8H,1-2H2,(H,19,20). The number of aromatic nitrogens is 1. The summed E-state index contributed by atoms with van der Waals surface area (Å²) in [6.45, 7) is 0. The number of hydrogen-bond acceptors (Lipinski definition) is 1. The number of hydrogen-bond donors (Lipinski definition) is 1. The van der Waals surface area contributed by atoms with Crippen molar-refractivity contribution in [2.75, 3.05) is 0 Å². The van der Waals surface area contributed by atoms with Crippen LogP contribution in [0.1, 0.15) is 29.4 Å². The summed E-state index contributed by atoms with van der Waals surface area (Å²) in [4.78, 5) is 11.3. The van der Waals surface area contributed by atoms with Crippen LogP contribution in [0, 0.1) is 5.82 Å². The lowest BCUT2D eigenvalue weighted by atomic mass is 10.1. The van der Waals surface area contributed by atoms with Crippen LogP contribution in [0.2, 0.25) is 10.0 Å². The van der Waals surface area contributed by atoms with E-state index in [1.807, 2.05) is 0 Å².